The molecular weight excluding hydrogens is 235 g/mol. The molecule has 1 atom stereocenters. The van der Waals surface area contributed by atoms with Crippen LogP contribution in [0.5, 0.6) is 0 Å². The number of carbonyl (C=O) groups is 2. The largest absolute Gasteiger partial charge is 0.373 e. The molecule has 0 saturated carbocycles. The third-order valence-electron chi connectivity index (χ3n) is 3.07. The molecule has 1 N–H and O–H groups in total. The van der Waals surface area contributed by atoms with Crippen molar-refractivity contribution in [2.24, 2.45) is 0 Å². The number of benzene rings is 1. The van der Waals surface area contributed by atoms with Crippen molar-refractivity contribution >= 4 is 17.5 Å². The van der Waals surface area contributed by atoms with Gasteiger partial charge in [-0.3, -0.25) is 14.5 Å². The molecule has 1 aliphatic rings. The van der Waals surface area contributed by atoms with Crippen molar-refractivity contribution in [2.75, 3.05) is 11.9 Å². The van der Waals surface area contributed by atoms with E-state index < -0.39 is 6.04 Å². The lowest BCUT2D eigenvalue weighted by molar-refractivity contribution is -0.138. The van der Waals surface area contributed by atoms with Gasteiger partial charge < -0.3 is 5.32 Å². The Morgan fingerprint density at radius 3 is 2.72 bits per heavy atom. The predicted molar refractivity (Wildman–Crippen MR) is 65.6 cm³/mol. The number of hydrogen-bond acceptors (Lipinski definition) is 3. The third-order valence-corrected chi connectivity index (χ3v) is 3.07. The lowest BCUT2D eigenvalue weighted by Gasteiger charge is -2.14. The van der Waals surface area contributed by atoms with Crippen LogP contribution in [-0.4, -0.2) is 29.3 Å². The average Bonchev–Trinajstić information content (AvgIpc) is 2.59. The Bertz CT molecular complexity index is 502. The van der Waals surface area contributed by atoms with Gasteiger partial charge >= 0.3 is 0 Å². The minimum absolute atomic E-state index is 0.127. The number of aryl methyl sites for hydroxylation is 1. The fourth-order valence-corrected chi connectivity index (χ4v) is 2.01. The molecule has 0 aromatic heterocycles. The number of likely N-dealkylation sites (tertiary alicyclic amines) is 1. The summed E-state index contributed by atoms with van der Waals surface area (Å²) in [5.41, 5.74) is 1.06. The molecule has 0 spiro atoms. The second-order valence-corrected chi connectivity index (χ2v) is 4.34. The molecule has 0 aliphatic carbocycles. The Hall–Kier alpha value is -1.91. The molecule has 0 bridgehead atoms. The molecule has 1 heterocycles. The number of nitrogens with one attached hydrogen (secondary N) is 1. The number of amides is 2. The number of halogens is 1. The lowest BCUT2D eigenvalue weighted by Crippen LogP contribution is -2.34. The highest BCUT2D eigenvalue weighted by Gasteiger charge is 2.37. The van der Waals surface area contributed by atoms with E-state index in [9.17, 15) is 14.0 Å². The van der Waals surface area contributed by atoms with Crippen molar-refractivity contribution in [1.29, 1.82) is 0 Å². The molecule has 4 nitrogen and oxygen atoms in total. The fraction of sp³-hybridized carbons (Fsp3) is 0.385. The van der Waals surface area contributed by atoms with Gasteiger partial charge in [-0.05, 0) is 31.5 Å². The summed E-state index contributed by atoms with van der Waals surface area (Å²) in [4.78, 5) is 24.6. The van der Waals surface area contributed by atoms with Crippen molar-refractivity contribution in [1.82, 2.24) is 4.90 Å². The van der Waals surface area contributed by atoms with E-state index in [2.05, 4.69) is 5.32 Å². The van der Waals surface area contributed by atoms with Gasteiger partial charge in [-0.1, -0.05) is 6.07 Å². The summed E-state index contributed by atoms with van der Waals surface area (Å²) in [5.74, 6) is -0.764. The number of rotatable bonds is 3. The molecule has 96 valence electrons. The van der Waals surface area contributed by atoms with Gasteiger partial charge in [0.1, 0.15) is 11.9 Å². The summed E-state index contributed by atoms with van der Waals surface area (Å²) >= 11 is 0. The molecule has 1 aromatic carbocycles. The Morgan fingerprint density at radius 2 is 2.17 bits per heavy atom. The Morgan fingerprint density at radius 1 is 1.44 bits per heavy atom. The summed E-state index contributed by atoms with van der Waals surface area (Å²) in [6.45, 7) is 3.80. The van der Waals surface area contributed by atoms with Crippen LogP contribution in [0.15, 0.2) is 18.2 Å². The van der Waals surface area contributed by atoms with Crippen LogP contribution >= 0.6 is 0 Å². The van der Waals surface area contributed by atoms with Crippen LogP contribution in [0.4, 0.5) is 10.1 Å². The van der Waals surface area contributed by atoms with Crippen molar-refractivity contribution in [2.45, 2.75) is 26.3 Å². The minimum Gasteiger partial charge on any atom is -0.373 e. The van der Waals surface area contributed by atoms with Crippen LogP contribution in [0, 0.1) is 12.7 Å². The third kappa shape index (κ3) is 2.20. The van der Waals surface area contributed by atoms with E-state index in [-0.39, 0.29) is 24.1 Å². The SMILES string of the molecule is CCN1C(=O)CC(Nc2ccc(C)c(F)c2)C1=O. The van der Waals surface area contributed by atoms with Gasteiger partial charge in [0.2, 0.25) is 5.91 Å². The summed E-state index contributed by atoms with van der Waals surface area (Å²) in [5, 5.41) is 2.90. The molecule has 1 saturated heterocycles. The number of nitrogens with zero attached hydrogens (tertiary/aromatic N) is 1. The average molecular weight is 250 g/mol. The van der Waals surface area contributed by atoms with Crippen LogP contribution in [-0.2, 0) is 9.59 Å². The molecule has 0 radical (unpaired) electrons. The van der Waals surface area contributed by atoms with Crippen LogP contribution in [0.3, 0.4) is 0 Å². The first-order chi connectivity index (χ1) is 8.52. The van der Waals surface area contributed by atoms with Gasteiger partial charge in [-0.15, -0.1) is 0 Å². The number of hydrogen-bond donors (Lipinski definition) is 1. The number of carbonyl (C=O) groups excluding carboxylic acids is 2. The summed E-state index contributed by atoms with van der Waals surface area (Å²) in [6, 6.07) is 4.09. The van der Waals surface area contributed by atoms with Crippen molar-refractivity contribution in [3.05, 3.63) is 29.6 Å². The van der Waals surface area contributed by atoms with E-state index in [0.717, 1.165) is 0 Å². The normalized spacial score (nSPS) is 19.5. The highest BCUT2D eigenvalue weighted by atomic mass is 19.1. The van der Waals surface area contributed by atoms with Crippen molar-refractivity contribution < 1.29 is 14.0 Å². The first-order valence-electron chi connectivity index (χ1n) is 5.89. The van der Waals surface area contributed by atoms with Gasteiger partial charge in [0, 0.05) is 12.2 Å². The molecule has 1 aromatic rings. The van der Waals surface area contributed by atoms with E-state index >= 15 is 0 Å². The van der Waals surface area contributed by atoms with Crippen LogP contribution in [0.2, 0.25) is 0 Å². The first kappa shape index (κ1) is 12.5. The number of likely N-dealkylation sites (N-methyl/N-ethyl adjacent to an activating group) is 1. The standard InChI is InChI=1S/C13H15FN2O2/c1-3-16-12(17)7-11(13(16)18)15-9-5-4-8(2)10(14)6-9/h4-6,11,15H,3,7H2,1-2H3. The van der Waals surface area contributed by atoms with E-state index in [1.165, 1.54) is 11.0 Å². The second-order valence-electron chi connectivity index (χ2n) is 4.34. The molecule has 1 aliphatic heterocycles. The van der Waals surface area contributed by atoms with Gasteiger partial charge in [0.15, 0.2) is 0 Å². The molecule has 5 heteroatoms. The molecule has 1 unspecified atom stereocenters. The number of imide groups is 1. The van der Waals surface area contributed by atoms with Crippen molar-refractivity contribution in [3.63, 3.8) is 0 Å². The lowest BCUT2D eigenvalue weighted by atomic mass is 10.2. The first-order valence-corrected chi connectivity index (χ1v) is 5.89. The highest BCUT2D eigenvalue weighted by molar-refractivity contribution is 6.06. The quantitative estimate of drug-likeness (QED) is 0.830. The Labute approximate surface area is 105 Å². The Balaban J connectivity index is 2.13. The summed E-state index contributed by atoms with van der Waals surface area (Å²) in [7, 11) is 0. The van der Waals surface area contributed by atoms with Gasteiger partial charge in [0.05, 0.1) is 6.42 Å². The second kappa shape index (κ2) is 4.76. The van der Waals surface area contributed by atoms with Gasteiger partial charge in [0.25, 0.3) is 5.91 Å². The number of anilines is 1. The molecule has 2 amide bonds. The molecule has 18 heavy (non-hydrogen) atoms. The maximum Gasteiger partial charge on any atom is 0.252 e. The zero-order chi connectivity index (χ0) is 13.3. The topological polar surface area (TPSA) is 49.4 Å². The van der Waals surface area contributed by atoms with Crippen LogP contribution in [0.1, 0.15) is 18.9 Å². The highest BCUT2D eigenvalue weighted by Crippen LogP contribution is 2.20. The zero-order valence-corrected chi connectivity index (χ0v) is 10.4. The predicted octanol–water partition coefficient (Wildman–Crippen LogP) is 1.69. The van der Waals surface area contributed by atoms with Gasteiger partial charge in [-0.2, -0.15) is 0 Å². The van der Waals surface area contributed by atoms with Crippen LogP contribution < -0.4 is 5.32 Å². The maximum absolute atomic E-state index is 13.4. The molecule has 1 fully saturated rings. The molecular formula is C13H15FN2O2. The summed E-state index contributed by atoms with van der Waals surface area (Å²) < 4.78 is 13.4. The van der Waals surface area contributed by atoms with E-state index in [4.69, 9.17) is 0 Å². The summed E-state index contributed by atoms with van der Waals surface area (Å²) in [6.07, 6.45) is 0.127. The van der Waals surface area contributed by atoms with E-state index in [1.54, 1.807) is 26.0 Å². The van der Waals surface area contributed by atoms with E-state index in [1.807, 2.05) is 0 Å². The smallest absolute Gasteiger partial charge is 0.252 e. The van der Waals surface area contributed by atoms with E-state index in [0.29, 0.717) is 17.8 Å². The molecule has 2 rings (SSSR count). The minimum atomic E-state index is -0.584. The maximum atomic E-state index is 13.4. The van der Waals surface area contributed by atoms with Gasteiger partial charge in [-0.25, -0.2) is 4.39 Å². The monoisotopic (exact) mass is 250 g/mol. The fourth-order valence-electron chi connectivity index (χ4n) is 2.01. The van der Waals surface area contributed by atoms with Crippen molar-refractivity contribution in [3.8, 4) is 0 Å². The van der Waals surface area contributed by atoms with Crippen LogP contribution in [0.25, 0.3) is 0 Å². The zero-order valence-electron chi connectivity index (χ0n) is 10.4. The Kier molecular flexibility index (Phi) is 3.32.